The Kier molecular flexibility index (Phi) is 5.11. The minimum atomic E-state index is -0.0885. The number of nitrogens with zero attached hydrogens (tertiary/aromatic N) is 3. The van der Waals surface area contributed by atoms with Crippen molar-refractivity contribution in [3.8, 4) is 0 Å². The number of thiazole rings is 1. The summed E-state index contributed by atoms with van der Waals surface area (Å²) in [5, 5.41) is 2.02. The molecule has 0 aromatic carbocycles. The van der Waals surface area contributed by atoms with Crippen molar-refractivity contribution in [2.24, 2.45) is 0 Å². The van der Waals surface area contributed by atoms with Gasteiger partial charge in [0.2, 0.25) is 0 Å². The van der Waals surface area contributed by atoms with Crippen molar-refractivity contribution in [1.29, 1.82) is 0 Å². The molecule has 0 aliphatic heterocycles. The van der Waals surface area contributed by atoms with Crippen LogP contribution in [0, 0.1) is 6.92 Å². The maximum Gasteiger partial charge on any atom is 0.274 e. The summed E-state index contributed by atoms with van der Waals surface area (Å²) in [6, 6.07) is 0. The Morgan fingerprint density at radius 1 is 1.35 bits per heavy atom. The Balaban J connectivity index is 2.16. The molecule has 2 rings (SSSR count). The Morgan fingerprint density at radius 2 is 2.00 bits per heavy atom. The molecule has 7 heteroatoms. The standard InChI is InChI=1S/C13H19N3O3S/c1-10-9-20-13-14-11(8-16(10)13)12(17)15(4-6-18-2)5-7-19-3/h8-9H,4-7H2,1-3H3. The maximum absolute atomic E-state index is 12.5. The van der Waals surface area contributed by atoms with Gasteiger partial charge in [0, 0.05) is 44.6 Å². The first-order valence-corrected chi connectivity index (χ1v) is 7.25. The number of carbonyl (C=O) groups excluding carboxylic acids is 1. The lowest BCUT2D eigenvalue weighted by Crippen LogP contribution is -2.36. The number of ether oxygens (including phenoxy) is 2. The van der Waals surface area contributed by atoms with E-state index in [1.165, 1.54) is 11.3 Å². The molecule has 0 saturated carbocycles. The van der Waals surface area contributed by atoms with E-state index < -0.39 is 0 Å². The molecule has 0 aliphatic carbocycles. The SMILES string of the molecule is COCCN(CCOC)C(=O)c1cn2c(C)csc2n1. The predicted molar refractivity (Wildman–Crippen MR) is 77.5 cm³/mol. The van der Waals surface area contributed by atoms with Crippen LogP contribution in [0.25, 0.3) is 4.96 Å². The summed E-state index contributed by atoms with van der Waals surface area (Å²) in [6.07, 6.45) is 1.79. The molecular weight excluding hydrogens is 278 g/mol. The third-order valence-electron chi connectivity index (χ3n) is 3.03. The molecule has 110 valence electrons. The van der Waals surface area contributed by atoms with E-state index in [4.69, 9.17) is 9.47 Å². The second-order valence-electron chi connectivity index (χ2n) is 4.43. The first-order chi connectivity index (χ1) is 9.67. The molecule has 0 radical (unpaired) electrons. The number of methoxy groups -OCH3 is 2. The van der Waals surface area contributed by atoms with Crippen molar-refractivity contribution >= 4 is 22.2 Å². The third-order valence-corrected chi connectivity index (χ3v) is 3.98. The smallest absolute Gasteiger partial charge is 0.274 e. The largest absolute Gasteiger partial charge is 0.383 e. The van der Waals surface area contributed by atoms with E-state index in [-0.39, 0.29) is 5.91 Å². The number of hydrogen-bond acceptors (Lipinski definition) is 5. The fraction of sp³-hybridized carbons (Fsp3) is 0.538. The van der Waals surface area contributed by atoms with Crippen LogP contribution in [-0.2, 0) is 9.47 Å². The van der Waals surface area contributed by atoms with Crippen LogP contribution in [-0.4, -0.2) is 60.7 Å². The second-order valence-corrected chi connectivity index (χ2v) is 5.27. The zero-order chi connectivity index (χ0) is 14.5. The number of hydrogen-bond donors (Lipinski definition) is 0. The zero-order valence-corrected chi connectivity index (χ0v) is 12.8. The van der Waals surface area contributed by atoms with Gasteiger partial charge in [-0.2, -0.15) is 0 Å². The molecule has 0 fully saturated rings. The number of imidazole rings is 1. The van der Waals surface area contributed by atoms with Crippen molar-refractivity contribution < 1.29 is 14.3 Å². The van der Waals surface area contributed by atoms with E-state index in [0.717, 1.165) is 10.7 Å². The van der Waals surface area contributed by atoms with Crippen LogP contribution in [0.3, 0.4) is 0 Å². The van der Waals surface area contributed by atoms with Crippen LogP contribution in [0.1, 0.15) is 16.2 Å². The first kappa shape index (κ1) is 15.0. The van der Waals surface area contributed by atoms with Gasteiger partial charge in [0.15, 0.2) is 4.96 Å². The Morgan fingerprint density at radius 3 is 2.55 bits per heavy atom. The highest BCUT2D eigenvalue weighted by atomic mass is 32.1. The summed E-state index contributed by atoms with van der Waals surface area (Å²) >= 11 is 1.53. The Hall–Kier alpha value is -1.44. The lowest BCUT2D eigenvalue weighted by atomic mass is 10.3. The molecule has 20 heavy (non-hydrogen) atoms. The van der Waals surface area contributed by atoms with E-state index in [2.05, 4.69) is 4.98 Å². The van der Waals surface area contributed by atoms with E-state index in [1.807, 2.05) is 16.7 Å². The number of amides is 1. The van der Waals surface area contributed by atoms with Crippen molar-refractivity contribution in [3.63, 3.8) is 0 Å². The molecule has 0 N–H and O–H groups in total. The van der Waals surface area contributed by atoms with Gasteiger partial charge in [0.25, 0.3) is 5.91 Å². The minimum absolute atomic E-state index is 0.0885. The quantitative estimate of drug-likeness (QED) is 0.776. The molecule has 2 aromatic rings. The predicted octanol–water partition coefficient (Wildman–Crippen LogP) is 1.44. The summed E-state index contributed by atoms with van der Waals surface area (Å²) in [5.41, 5.74) is 1.55. The summed E-state index contributed by atoms with van der Waals surface area (Å²) in [4.78, 5) is 19.4. The second kappa shape index (κ2) is 6.83. The minimum Gasteiger partial charge on any atom is -0.383 e. The summed E-state index contributed by atoms with van der Waals surface area (Å²) in [6.45, 7) is 4.05. The van der Waals surface area contributed by atoms with Gasteiger partial charge in [-0.1, -0.05) is 0 Å². The van der Waals surface area contributed by atoms with Crippen LogP contribution in [0.4, 0.5) is 0 Å². The number of rotatable bonds is 7. The normalized spacial score (nSPS) is 11.2. The van der Waals surface area contributed by atoms with Gasteiger partial charge < -0.3 is 14.4 Å². The van der Waals surface area contributed by atoms with Crippen LogP contribution in [0.15, 0.2) is 11.6 Å². The van der Waals surface area contributed by atoms with Crippen molar-refractivity contribution in [2.45, 2.75) is 6.92 Å². The molecule has 2 heterocycles. The fourth-order valence-electron chi connectivity index (χ4n) is 1.88. The molecule has 0 unspecified atom stereocenters. The number of carbonyl (C=O) groups is 1. The van der Waals surface area contributed by atoms with Crippen molar-refractivity contribution in [1.82, 2.24) is 14.3 Å². The average molecular weight is 297 g/mol. The zero-order valence-electron chi connectivity index (χ0n) is 12.0. The van der Waals surface area contributed by atoms with Gasteiger partial charge in [-0.15, -0.1) is 11.3 Å². The maximum atomic E-state index is 12.5. The van der Waals surface area contributed by atoms with Gasteiger partial charge in [0.05, 0.1) is 13.2 Å². The highest BCUT2D eigenvalue weighted by Crippen LogP contribution is 2.16. The lowest BCUT2D eigenvalue weighted by molar-refractivity contribution is 0.0622. The fourth-order valence-corrected chi connectivity index (χ4v) is 2.73. The summed E-state index contributed by atoms with van der Waals surface area (Å²) < 4.78 is 12.0. The van der Waals surface area contributed by atoms with Crippen molar-refractivity contribution in [2.75, 3.05) is 40.5 Å². The van der Waals surface area contributed by atoms with Crippen LogP contribution >= 0.6 is 11.3 Å². The Labute approximate surface area is 121 Å². The highest BCUT2D eigenvalue weighted by Gasteiger charge is 2.19. The number of aryl methyl sites for hydroxylation is 1. The summed E-state index contributed by atoms with van der Waals surface area (Å²) in [7, 11) is 3.24. The molecule has 1 amide bonds. The lowest BCUT2D eigenvalue weighted by Gasteiger charge is -2.20. The average Bonchev–Trinajstić information content (AvgIpc) is 3.01. The molecule has 0 spiro atoms. The molecular formula is C13H19N3O3S. The van der Waals surface area contributed by atoms with Gasteiger partial charge >= 0.3 is 0 Å². The monoisotopic (exact) mass is 297 g/mol. The third kappa shape index (κ3) is 3.17. The van der Waals surface area contributed by atoms with Crippen LogP contribution < -0.4 is 0 Å². The Bertz CT molecular complexity index is 570. The molecule has 0 atom stereocenters. The topological polar surface area (TPSA) is 56.1 Å². The molecule has 0 bridgehead atoms. The van der Waals surface area contributed by atoms with Gasteiger partial charge in [-0.25, -0.2) is 4.98 Å². The number of aromatic nitrogens is 2. The highest BCUT2D eigenvalue weighted by molar-refractivity contribution is 7.15. The van der Waals surface area contributed by atoms with Gasteiger partial charge in [-0.05, 0) is 6.92 Å². The van der Waals surface area contributed by atoms with E-state index in [1.54, 1.807) is 25.3 Å². The first-order valence-electron chi connectivity index (χ1n) is 6.37. The molecule has 2 aromatic heterocycles. The molecule has 0 saturated heterocycles. The number of fused-ring (bicyclic) bond motifs is 1. The molecule has 0 aliphatic rings. The van der Waals surface area contributed by atoms with Crippen LogP contribution in [0.2, 0.25) is 0 Å². The van der Waals surface area contributed by atoms with E-state index in [0.29, 0.717) is 32.0 Å². The van der Waals surface area contributed by atoms with E-state index >= 15 is 0 Å². The van der Waals surface area contributed by atoms with Crippen molar-refractivity contribution in [3.05, 3.63) is 23.0 Å². The van der Waals surface area contributed by atoms with E-state index in [9.17, 15) is 4.79 Å². The summed E-state index contributed by atoms with van der Waals surface area (Å²) in [5.74, 6) is -0.0885. The van der Waals surface area contributed by atoms with Gasteiger partial charge in [0.1, 0.15) is 5.69 Å². The van der Waals surface area contributed by atoms with Crippen LogP contribution in [0.5, 0.6) is 0 Å². The van der Waals surface area contributed by atoms with Gasteiger partial charge in [-0.3, -0.25) is 9.20 Å². The molecule has 6 nitrogen and oxygen atoms in total.